The van der Waals surface area contributed by atoms with Gasteiger partial charge in [0.25, 0.3) is 0 Å². The van der Waals surface area contributed by atoms with Crippen LogP contribution in [0.15, 0.2) is 36.7 Å². The highest BCUT2D eigenvalue weighted by atomic mass is 14.6. The molecule has 1 aromatic carbocycles. The van der Waals surface area contributed by atoms with Gasteiger partial charge in [-0.15, -0.1) is 0 Å². The molecule has 0 bridgehead atoms. The third-order valence-corrected chi connectivity index (χ3v) is 1.84. The number of benzene rings is 1. The highest BCUT2D eigenvalue weighted by Crippen LogP contribution is 2.11. The lowest BCUT2D eigenvalue weighted by atomic mass is 10.1. The fraction of sp³-hybridized carbons (Fsp3) is 0.250. The molecule has 0 atom stereocenters. The smallest absolute Gasteiger partial charge is 0.174 e. The summed E-state index contributed by atoms with van der Waals surface area (Å²) in [6.07, 6.45) is 3.95. The maximum Gasteiger partial charge on any atom is 0.174 e. The SMILES string of the molecule is CC.Cc1ccc2c[nH+]ccc2c1. The average molecular weight is 174 g/mol. The minimum Gasteiger partial charge on any atom is -0.217 e. The molecule has 0 aliphatic rings. The summed E-state index contributed by atoms with van der Waals surface area (Å²) in [6.45, 7) is 6.11. The predicted octanol–water partition coefficient (Wildman–Crippen LogP) is 2.99. The number of aromatic amines is 1. The van der Waals surface area contributed by atoms with Crippen molar-refractivity contribution in [1.29, 1.82) is 0 Å². The molecular weight excluding hydrogens is 158 g/mol. The Morgan fingerprint density at radius 1 is 1.00 bits per heavy atom. The number of fused-ring (bicyclic) bond motifs is 1. The fourth-order valence-electron chi connectivity index (χ4n) is 1.25. The van der Waals surface area contributed by atoms with Gasteiger partial charge in [0.2, 0.25) is 0 Å². The quantitative estimate of drug-likeness (QED) is 0.583. The molecule has 0 amide bonds. The number of H-pyrrole nitrogens is 1. The first kappa shape index (κ1) is 9.72. The van der Waals surface area contributed by atoms with Crippen LogP contribution in [0.5, 0.6) is 0 Å². The predicted molar refractivity (Wildman–Crippen MR) is 56.6 cm³/mol. The molecule has 0 radical (unpaired) electrons. The van der Waals surface area contributed by atoms with Crippen molar-refractivity contribution >= 4 is 10.8 Å². The summed E-state index contributed by atoms with van der Waals surface area (Å²) in [5.74, 6) is 0. The molecule has 1 nitrogen and oxygen atoms in total. The van der Waals surface area contributed by atoms with Crippen LogP contribution in [0, 0.1) is 6.92 Å². The van der Waals surface area contributed by atoms with E-state index in [-0.39, 0.29) is 0 Å². The lowest BCUT2D eigenvalue weighted by Crippen LogP contribution is -1.96. The van der Waals surface area contributed by atoms with Crippen molar-refractivity contribution < 1.29 is 4.98 Å². The van der Waals surface area contributed by atoms with E-state index in [4.69, 9.17) is 0 Å². The van der Waals surface area contributed by atoms with Gasteiger partial charge >= 0.3 is 0 Å². The Morgan fingerprint density at radius 2 is 1.77 bits per heavy atom. The Labute approximate surface area is 79.4 Å². The summed E-state index contributed by atoms with van der Waals surface area (Å²) in [5.41, 5.74) is 1.31. The summed E-state index contributed by atoms with van der Waals surface area (Å²) >= 11 is 0. The van der Waals surface area contributed by atoms with Crippen molar-refractivity contribution in [3.63, 3.8) is 0 Å². The van der Waals surface area contributed by atoms with E-state index in [1.165, 1.54) is 16.3 Å². The summed E-state index contributed by atoms with van der Waals surface area (Å²) in [5, 5.41) is 2.56. The van der Waals surface area contributed by atoms with E-state index in [1.54, 1.807) is 0 Å². The van der Waals surface area contributed by atoms with Crippen molar-refractivity contribution in [3.05, 3.63) is 42.2 Å². The second-order valence-corrected chi connectivity index (χ2v) is 2.78. The number of rotatable bonds is 0. The summed E-state index contributed by atoms with van der Waals surface area (Å²) < 4.78 is 0. The van der Waals surface area contributed by atoms with E-state index in [1.807, 2.05) is 26.2 Å². The zero-order valence-corrected chi connectivity index (χ0v) is 8.46. The van der Waals surface area contributed by atoms with Gasteiger partial charge in [0, 0.05) is 11.5 Å². The van der Waals surface area contributed by atoms with Gasteiger partial charge in [0.15, 0.2) is 12.4 Å². The van der Waals surface area contributed by atoms with Crippen molar-refractivity contribution in [3.8, 4) is 0 Å². The zero-order valence-electron chi connectivity index (χ0n) is 8.46. The molecule has 1 aromatic heterocycles. The number of aryl methyl sites for hydroxylation is 1. The number of aromatic nitrogens is 1. The van der Waals surface area contributed by atoms with Crippen LogP contribution in [0.25, 0.3) is 10.8 Å². The van der Waals surface area contributed by atoms with E-state index in [2.05, 4.69) is 36.2 Å². The van der Waals surface area contributed by atoms with E-state index in [0.717, 1.165) is 0 Å². The molecule has 1 N–H and O–H groups in total. The molecule has 0 saturated carbocycles. The van der Waals surface area contributed by atoms with Gasteiger partial charge in [-0.3, -0.25) is 0 Å². The van der Waals surface area contributed by atoms with Crippen molar-refractivity contribution in [2.45, 2.75) is 20.8 Å². The van der Waals surface area contributed by atoms with E-state index < -0.39 is 0 Å². The van der Waals surface area contributed by atoms with E-state index in [0.29, 0.717) is 0 Å². The molecule has 0 saturated heterocycles. The van der Waals surface area contributed by atoms with Gasteiger partial charge in [-0.2, -0.15) is 0 Å². The molecule has 0 unspecified atom stereocenters. The minimum atomic E-state index is 1.26. The number of hydrogen-bond donors (Lipinski definition) is 0. The topological polar surface area (TPSA) is 14.1 Å². The summed E-state index contributed by atoms with van der Waals surface area (Å²) in [7, 11) is 0. The molecular formula is C12H16N+. The van der Waals surface area contributed by atoms with Gasteiger partial charge in [-0.1, -0.05) is 31.5 Å². The molecule has 13 heavy (non-hydrogen) atoms. The van der Waals surface area contributed by atoms with Crippen molar-refractivity contribution in [1.82, 2.24) is 0 Å². The van der Waals surface area contributed by atoms with Gasteiger partial charge in [0.05, 0.1) is 0 Å². The second kappa shape index (κ2) is 4.61. The molecule has 2 aromatic rings. The summed E-state index contributed by atoms with van der Waals surface area (Å²) in [6, 6.07) is 8.52. The van der Waals surface area contributed by atoms with Crippen LogP contribution in [0.1, 0.15) is 19.4 Å². The van der Waals surface area contributed by atoms with Crippen molar-refractivity contribution in [2.75, 3.05) is 0 Å². The lowest BCUT2D eigenvalue weighted by Gasteiger charge is -1.93. The second-order valence-electron chi connectivity index (χ2n) is 2.78. The van der Waals surface area contributed by atoms with Gasteiger partial charge in [-0.25, -0.2) is 4.98 Å². The largest absolute Gasteiger partial charge is 0.217 e. The fourth-order valence-corrected chi connectivity index (χ4v) is 1.25. The Morgan fingerprint density at radius 3 is 2.54 bits per heavy atom. The molecule has 0 spiro atoms. The third kappa shape index (κ3) is 2.28. The monoisotopic (exact) mass is 174 g/mol. The van der Waals surface area contributed by atoms with E-state index in [9.17, 15) is 0 Å². The highest BCUT2D eigenvalue weighted by Gasteiger charge is 1.93. The maximum atomic E-state index is 3.05. The summed E-state index contributed by atoms with van der Waals surface area (Å²) in [4.78, 5) is 3.05. The normalized spacial score (nSPS) is 9.15. The van der Waals surface area contributed by atoms with Crippen LogP contribution in [-0.4, -0.2) is 0 Å². The van der Waals surface area contributed by atoms with Crippen LogP contribution in [0.3, 0.4) is 0 Å². The van der Waals surface area contributed by atoms with Crippen molar-refractivity contribution in [2.24, 2.45) is 0 Å². The van der Waals surface area contributed by atoms with Gasteiger partial charge < -0.3 is 0 Å². The molecule has 2 rings (SSSR count). The highest BCUT2D eigenvalue weighted by molar-refractivity contribution is 5.81. The average Bonchev–Trinajstić information content (AvgIpc) is 2.21. The molecule has 1 heterocycles. The van der Waals surface area contributed by atoms with Crippen LogP contribution in [-0.2, 0) is 0 Å². The van der Waals surface area contributed by atoms with Crippen LogP contribution in [0.2, 0.25) is 0 Å². The standard InChI is InChI=1S/C10H9N.C2H6/c1-8-2-3-10-7-11-5-4-9(10)6-8;1-2/h2-7H,1H3;1-2H3/p+1. The minimum absolute atomic E-state index is 1.26. The first-order valence-corrected chi connectivity index (χ1v) is 4.73. The van der Waals surface area contributed by atoms with Gasteiger partial charge in [0.1, 0.15) is 0 Å². The first-order valence-electron chi connectivity index (χ1n) is 4.73. The lowest BCUT2D eigenvalue weighted by molar-refractivity contribution is -0.375. The Kier molecular flexibility index (Phi) is 3.44. The molecule has 1 heteroatoms. The Balaban J connectivity index is 0.000000396. The molecule has 0 aliphatic heterocycles. The number of nitrogens with one attached hydrogen (secondary N) is 1. The molecule has 68 valence electrons. The molecule has 0 aliphatic carbocycles. The molecule has 0 fully saturated rings. The first-order chi connectivity index (χ1) is 6.36. The van der Waals surface area contributed by atoms with Crippen LogP contribution < -0.4 is 4.98 Å². The number of hydrogen-bond acceptors (Lipinski definition) is 0. The van der Waals surface area contributed by atoms with Gasteiger partial charge in [-0.05, 0) is 18.4 Å². The third-order valence-electron chi connectivity index (χ3n) is 1.84. The van der Waals surface area contributed by atoms with Crippen LogP contribution >= 0.6 is 0 Å². The maximum absolute atomic E-state index is 3.05. The Bertz CT molecular complexity index is 380. The zero-order chi connectivity index (χ0) is 9.68. The number of pyridine rings is 1. The van der Waals surface area contributed by atoms with E-state index >= 15 is 0 Å². The Hall–Kier alpha value is -1.37. The van der Waals surface area contributed by atoms with Crippen LogP contribution in [0.4, 0.5) is 0 Å².